The summed E-state index contributed by atoms with van der Waals surface area (Å²) in [4.78, 5) is 1.06. The molecular weight excluding hydrogens is 492 g/mol. The van der Waals surface area contributed by atoms with E-state index in [0.29, 0.717) is 10.7 Å². The molecular formula is C33H27ClN2S. The van der Waals surface area contributed by atoms with Crippen LogP contribution in [0.3, 0.4) is 0 Å². The minimum Gasteiger partial charge on any atom is -0.398 e. The Labute approximate surface area is 228 Å². The van der Waals surface area contributed by atoms with Gasteiger partial charge in [-0.2, -0.15) is 0 Å². The van der Waals surface area contributed by atoms with Crippen molar-refractivity contribution in [3.8, 4) is 11.1 Å². The first-order chi connectivity index (χ1) is 18.2. The van der Waals surface area contributed by atoms with E-state index in [0.717, 1.165) is 34.6 Å². The van der Waals surface area contributed by atoms with E-state index in [4.69, 9.17) is 21.7 Å². The Balaban J connectivity index is 1.62. The zero-order chi connectivity index (χ0) is 25.5. The summed E-state index contributed by atoms with van der Waals surface area (Å²) < 4.78 is 4.95. The summed E-state index contributed by atoms with van der Waals surface area (Å²) in [6.45, 7) is 0. The van der Waals surface area contributed by atoms with Crippen molar-refractivity contribution in [1.29, 1.82) is 0 Å². The molecule has 0 heterocycles. The highest BCUT2D eigenvalue weighted by atomic mass is 35.5. The van der Waals surface area contributed by atoms with Crippen molar-refractivity contribution in [3.05, 3.63) is 149 Å². The average Bonchev–Trinajstić information content (AvgIpc) is 2.96. The fourth-order valence-corrected chi connectivity index (χ4v) is 5.10. The highest BCUT2D eigenvalue weighted by molar-refractivity contribution is 7.98. The van der Waals surface area contributed by atoms with Gasteiger partial charge in [-0.1, -0.05) is 103 Å². The maximum atomic E-state index is 6.56. The van der Waals surface area contributed by atoms with E-state index in [1.165, 1.54) is 34.2 Å². The van der Waals surface area contributed by atoms with Gasteiger partial charge in [-0.05, 0) is 77.1 Å². The molecule has 2 nitrogen and oxygen atoms in total. The first-order valence-electron chi connectivity index (χ1n) is 12.3. The van der Waals surface area contributed by atoms with Crippen LogP contribution in [-0.4, -0.2) is 5.71 Å². The van der Waals surface area contributed by atoms with Gasteiger partial charge in [0.2, 0.25) is 0 Å². The van der Waals surface area contributed by atoms with E-state index in [2.05, 4.69) is 72.8 Å². The third kappa shape index (κ3) is 6.32. The fraction of sp³-hybridized carbons (Fsp3) is 0.0606. The van der Waals surface area contributed by atoms with Crippen LogP contribution in [0.4, 0.5) is 0 Å². The number of hydrogen-bond donors (Lipinski definition) is 1. The fourth-order valence-electron chi connectivity index (χ4n) is 4.27. The topological polar surface area (TPSA) is 38.4 Å². The molecule has 0 aromatic heterocycles. The monoisotopic (exact) mass is 518 g/mol. The van der Waals surface area contributed by atoms with Crippen molar-refractivity contribution in [1.82, 2.24) is 0 Å². The molecule has 2 N–H and O–H groups in total. The summed E-state index contributed by atoms with van der Waals surface area (Å²) in [6.07, 6.45) is 10.8. The lowest BCUT2D eigenvalue weighted by atomic mass is 9.89. The molecule has 4 aromatic carbocycles. The molecule has 4 heteroatoms. The Hall–Kier alpha value is -3.79. The van der Waals surface area contributed by atoms with Crippen LogP contribution in [0.5, 0.6) is 0 Å². The van der Waals surface area contributed by atoms with E-state index in [-0.39, 0.29) is 0 Å². The van der Waals surface area contributed by atoms with Gasteiger partial charge in [-0.15, -0.1) is 0 Å². The molecule has 182 valence electrons. The van der Waals surface area contributed by atoms with Gasteiger partial charge < -0.3 is 5.73 Å². The molecule has 0 bridgehead atoms. The maximum Gasteiger partial charge on any atom is 0.0810 e. The minimum atomic E-state index is 0.611. The first-order valence-corrected chi connectivity index (χ1v) is 13.4. The lowest BCUT2D eigenvalue weighted by Crippen LogP contribution is -2.04. The summed E-state index contributed by atoms with van der Waals surface area (Å²) in [7, 11) is 0. The number of allylic oxidation sites excluding steroid dienone is 5. The lowest BCUT2D eigenvalue weighted by Gasteiger charge is -2.16. The largest absolute Gasteiger partial charge is 0.398 e. The molecule has 1 aliphatic rings. The molecule has 4 aromatic rings. The number of benzene rings is 4. The lowest BCUT2D eigenvalue weighted by molar-refractivity contribution is 1.04. The zero-order valence-corrected chi connectivity index (χ0v) is 21.9. The van der Waals surface area contributed by atoms with Crippen molar-refractivity contribution in [2.24, 2.45) is 10.1 Å². The highest BCUT2D eigenvalue weighted by Crippen LogP contribution is 2.33. The highest BCUT2D eigenvalue weighted by Gasteiger charge is 2.13. The van der Waals surface area contributed by atoms with Crippen LogP contribution in [0.2, 0.25) is 5.02 Å². The zero-order valence-electron chi connectivity index (χ0n) is 20.3. The van der Waals surface area contributed by atoms with Gasteiger partial charge in [-0.3, -0.25) is 0 Å². The molecule has 0 radical (unpaired) electrons. The third-order valence-electron chi connectivity index (χ3n) is 6.15. The van der Waals surface area contributed by atoms with Gasteiger partial charge in [0.1, 0.15) is 0 Å². The molecule has 0 amide bonds. The molecule has 1 aliphatic carbocycles. The number of rotatable bonds is 7. The molecule has 0 unspecified atom stereocenters. The van der Waals surface area contributed by atoms with Crippen LogP contribution in [-0.2, 0) is 0 Å². The van der Waals surface area contributed by atoms with E-state index in [9.17, 15) is 0 Å². The first kappa shape index (κ1) is 24.9. The second-order valence-corrected chi connectivity index (χ2v) is 10.0. The quantitative estimate of drug-likeness (QED) is 0.195. The summed E-state index contributed by atoms with van der Waals surface area (Å²) in [5, 5.41) is 0.650. The third-order valence-corrected chi connectivity index (χ3v) is 7.15. The summed E-state index contributed by atoms with van der Waals surface area (Å²) in [5.41, 5.74) is 14.6. The summed E-state index contributed by atoms with van der Waals surface area (Å²) in [6, 6.07) is 34.8. The van der Waals surface area contributed by atoms with Crippen molar-refractivity contribution in [2.45, 2.75) is 17.7 Å². The van der Waals surface area contributed by atoms with Crippen molar-refractivity contribution >= 4 is 40.5 Å². The van der Waals surface area contributed by atoms with Crippen LogP contribution in [0.15, 0.2) is 137 Å². The average molecular weight is 519 g/mol. The van der Waals surface area contributed by atoms with Crippen LogP contribution >= 0.6 is 23.5 Å². The molecule has 0 atom stereocenters. The number of hydrogen-bond acceptors (Lipinski definition) is 3. The van der Waals surface area contributed by atoms with Crippen molar-refractivity contribution in [3.63, 3.8) is 0 Å². The normalized spacial score (nSPS) is 13.9. The Kier molecular flexibility index (Phi) is 8.05. The van der Waals surface area contributed by atoms with Gasteiger partial charge in [0.05, 0.1) is 5.71 Å². The van der Waals surface area contributed by atoms with Crippen LogP contribution in [0.25, 0.3) is 22.4 Å². The van der Waals surface area contributed by atoms with Gasteiger partial charge in [0.25, 0.3) is 0 Å². The summed E-state index contributed by atoms with van der Waals surface area (Å²) >= 11 is 7.68. The van der Waals surface area contributed by atoms with E-state index < -0.39 is 0 Å². The molecule has 5 rings (SSSR count). The van der Waals surface area contributed by atoms with Gasteiger partial charge in [-0.25, -0.2) is 4.40 Å². The number of nitrogens with zero attached hydrogens (tertiary/aromatic N) is 1. The van der Waals surface area contributed by atoms with E-state index in [1.807, 2.05) is 54.6 Å². The van der Waals surface area contributed by atoms with Gasteiger partial charge >= 0.3 is 0 Å². The Morgan fingerprint density at radius 2 is 1.57 bits per heavy atom. The second kappa shape index (κ2) is 12.0. The maximum absolute atomic E-state index is 6.56. The van der Waals surface area contributed by atoms with E-state index in [1.54, 1.807) is 0 Å². The smallest absolute Gasteiger partial charge is 0.0810 e. The standard InChI is InChI=1S/C33H27ClN2S/c34-28-16-10-15-26(21-28)32(35)23-33(36-37-29-17-8-3-9-18-29)27-19-20-30(24-11-4-1-5-12-24)31(22-27)25-13-6-2-7-14-25/h1,3-6,8-23H,2,7,35H2/b32-23-,36-33+. The molecule has 0 spiro atoms. The second-order valence-electron chi connectivity index (χ2n) is 8.76. The van der Waals surface area contributed by atoms with E-state index >= 15 is 0 Å². The Bertz CT molecular complexity index is 1500. The van der Waals surface area contributed by atoms with Gasteiger partial charge in [0, 0.05) is 33.1 Å². The molecule has 37 heavy (non-hydrogen) atoms. The van der Waals surface area contributed by atoms with Crippen LogP contribution in [0, 0.1) is 0 Å². The van der Waals surface area contributed by atoms with Crippen LogP contribution in [0.1, 0.15) is 29.5 Å². The van der Waals surface area contributed by atoms with Gasteiger partial charge in [0.15, 0.2) is 0 Å². The SMILES string of the molecule is N/C(=C\C(=N/Sc1ccccc1)c1ccc(-c2ccccc2)c(C2=CCCC=C2)c1)c1cccc(Cl)c1. The number of nitrogens with two attached hydrogens (primary N) is 1. The minimum absolute atomic E-state index is 0.611. The molecule has 0 aliphatic heterocycles. The predicted molar refractivity (Wildman–Crippen MR) is 161 cm³/mol. The van der Waals surface area contributed by atoms with Crippen LogP contribution < -0.4 is 5.73 Å². The summed E-state index contributed by atoms with van der Waals surface area (Å²) in [5.74, 6) is 0. The number of halogens is 1. The Morgan fingerprint density at radius 3 is 2.30 bits per heavy atom. The Morgan fingerprint density at radius 1 is 0.784 bits per heavy atom. The molecule has 0 fully saturated rings. The van der Waals surface area contributed by atoms with Crippen molar-refractivity contribution < 1.29 is 0 Å². The molecule has 0 saturated carbocycles. The van der Waals surface area contributed by atoms with Crippen molar-refractivity contribution in [2.75, 3.05) is 0 Å². The predicted octanol–water partition coefficient (Wildman–Crippen LogP) is 9.24. The molecule has 0 saturated heterocycles.